The van der Waals surface area contributed by atoms with Crippen molar-refractivity contribution in [3.63, 3.8) is 0 Å². The topological polar surface area (TPSA) is 46.2 Å². The molecule has 19 heavy (non-hydrogen) atoms. The van der Waals surface area contributed by atoms with E-state index in [1.807, 2.05) is 6.92 Å². The van der Waals surface area contributed by atoms with Crippen LogP contribution in [0.1, 0.15) is 13.3 Å². The van der Waals surface area contributed by atoms with E-state index in [4.69, 9.17) is 35.3 Å². The molecule has 0 aromatic heterocycles. The summed E-state index contributed by atoms with van der Waals surface area (Å²) in [4.78, 5) is 0. The van der Waals surface area contributed by atoms with Crippen molar-refractivity contribution in [1.82, 2.24) is 0 Å². The quantitative estimate of drug-likeness (QED) is 0.403. The Balaban J connectivity index is 1.86. The highest BCUT2D eigenvalue weighted by Gasteiger charge is 2.41. The third-order valence-corrected chi connectivity index (χ3v) is 3.33. The minimum atomic E-state index is 0.0315. The number of hydrogen-bond acceptors (Lipinski definition) is 5. The van der Waals surface area contributed by atoms with E-state index < -0.39 is 0 Å². The highest BCUT2D eigenvalue weighted by Crippen LogP contribution is 2.31. The van der Waals surface area contributed by atoms with Crippen molar-refractivity contribution in [2.75, 3.05) is 53.4 Å². The maximum absolute atomic E-state index is 6.05. The lowest BCUT2D eigenvalue weighted by atomic mass is 9.91. The van der Waals surface area contributed by atoms with Gasteiger partial charge in [0.15, 0.2) is 0 Å². The summed E-state index contributed by atoms with van der Waals surface area (Å²) in [6, 6.07) is 0. The SMILES string of the molecule is CCOC1C(Cl)CC1OCCOCCOCCOC. The molecule has 1 fully saturated rings. The van der Waals surface area contributed by atoms with Crippen LogP contribution in [0, 0.1) is 0 Å². The second-order valence-electron chi connectivity index (χ2n) is 4.30. The summed E-state index contributed by atoms with van der Waals surface area (Å²) in [7, 11) is 1.65. The van der Waals surface area contributed by atoms with Crippen LogP contribution in [0.2, 0.25) is 0 Å². The van der Waals surface area contributed by atoms with Crippen LogP contribution in [0.5, 0.6) is 0 Å². The molecule has 0 aromatic carbocycles. The summed E-state index contributed by atoms with van der Waals surface area (Å²) in [5.41, 5.74) is 0. The van der Waals surface area contributed by atoms with Gasteiger partial charge in [-0.1, -0.05) is 0 Å². The third kappa shape index (κ3) is 6.88. The number of hydrogen-bond donors (Lipinski definition) is 0. The van der Waals surface area contributed by atoms with E-state index in [0.29, 0.717) is 46.2 Å². The number of halogens is 1. The molecule has 1 saturated carbocycles. The molecule has 0 heterocycles. The first kappa shape index (κ1) is 17.1. The van der Waals surface area contributed by atoms with Crippen LogP contribution in [0.15, 0.2) is 0 Å². The Kier molecular flexibility index (Phi) is 9.77. The number of methoxy groups -OCH3 is 1. The van der Waals surface area contributed by atoms with Gasteiger partial charge in [-0.25, -0.2) is 0 Å². The zero-order valence-electron chi connectivity index (χ0n) is 11.8. The monoisotopic (exact) mass is 296 g/mol. The molecule has 0 saturated heterocycles. The van der Waals surface area contributed by atoms with Crippen molar-refractivity contribution in [2.45, 2.75) is 30.9 Å². The highest BCUT2D eigenvalue weighted by molar-refractivity contribution is 6.21. The van der Waals surface area contributed by atoms with Gasteiger partial charge in [0, 0.05) is 13.7 Å². The molecule has 0 amide bonds. The van der Waals surface area contributed by atoms with Crippen molar-refractivity contribution in [3.8, 4) is 0 Å². The van der Waals surface area contributed by atoms with Gasteiger partial charge < -0.3 is 23.7 Å². The van der Waals surface area contributed by atoms with E-state index in [0.717, 1.165) is 6.42 Å². The normalized spacial score (nSPS) is 26.4. The zero-order chi connectivity index (χ0) is 13.9. The van der Waals surface area contributed by atoms with Gasteiger partial charge in [-0.05, 0) is 13.3 Å². The molecule has 3 atom stereocenters. The molecule has 1 rings (SSSR count). The van der Waals surface area contributed by atoms with E-state index in [1.165, 1.54) is 0 Å². The Morgan fingerprint density at radius 3 is 2.16 bits per heavy atom. The lowest BCUT2D eigenvalue weighted by Gasteiger charge is -2.40. The fourth-order valence-electron chi connectivity index (χ4n) is 1.82. The Morgan fingerprint density at radius 2 is 1.58 bits per heavy atom. The summed E-state index contributed by atoms with van der Waals surface area (Å²) in [6.45, 7) is 6.14. The van der Waals surface area contributed by atoms with Crippen molar-refractivity contribution in [2.24, 2.45) is 0 Å². The van der Waals surface area contributed by atoms with Crippen molar-refractivity contribution in [3.05, 3.63) is 0 Å². The lowest BCUT2D eigenvalue weighted by molar-refractivity contribution is -0.130. The Bertz CT molecular complexity index is 217. The first-order chi connectivity index (χ1) is 9.29. The minimum absolute atomic E-state index is 0.0315. The predicted octanol–water partition coefficient (Wildman–Crippen LogP) is 1.47. The number of alkyl halides is 1. The molecule has 6 heteroatoms. The van der Waals surface area contributed by atoms with Crippen LogP contribution in [-0.2, 0) is 23.7 Å². The van der Waals surface area contributed by atoms with Crippen LogP contribution < -0.4 is 0 Å². The Labute approximate surface area is 120 Å². The molecular weight excluding hydrogens is 272 g/mol. The molecular formula is C13H25ClO5. The molecule has 0 aliphatic heterocycles. The summed E-state index contributed by atoms with van der Waals surface area (Å²) in [5, 5.41) is 0.0834. The third-order valence-electron chi connectivity index (χ3n) is 2.90. The first-order valence-electron chi connectivity index (χ1n) is 6.81. The molecule has 0 bridgehead atoms. The molecule has 1 aliphatic carbocycles. The highest BCUT2D eigenvalue weighted by atomic mass is 35.5. The van der Waals surface area contributed by atoms with E-state index in [1.54, 1.807) is 7.11 Å². The van der Waals surface area contributed by atoms with Crippen molar-refractivity contribution < 1.29 is 23.7 Å². The van der Waals surface area contributed by atoms with Gasteiger partial charge in [0.2, 0.25) is 0 Å². The summed E-state index contributed by atoms with van der Waals surface area (Å²) < 4.78 is 26.7. The zero-order valence-corrected chi connectivity index (χ0v) is 12.6. The standard InChI is InChI=1S/C13H25ClO5/c1-3-18-13-11(14)10-12(13)19-9-8-17-7-6-16-5-4-15-2/h11-13H,3-10H2,1-2H3. The summed E-state index contributed by atoms with van der Waals surface area (Å²) >= 11 is 6.05. The van der Waals surface area contributed by atoms with Crippen molar-refractivity contribution >= 4 is 11.6 Å². The first-order valence-corrected chi connectivity index (χ1v) is 7.25. The van der Waals surface area contributed by atoms with Crippen molar-refractivity contribution in [1.29, 1.82) is 0 Å². The Morgan fingerprint density at radius 1 is 0.947 bits per heavy atom. The molecule has 5 nitrogen and oxygen atoms in total. The summed E-state index contributed by atoms with van der Waals surface area (Å²) in [5.74, 6) is 0. The Hall–Kier alpha value is 0.0900. The second kappa shape index (κ2) is 10.8. The van der Waals surface area contributed by atoms with Crippen LogP contribution in [0.4, 0.5) is 0 Å². The van der Waals surface area contributed by atoms with Gasteiger partial charge in [0.25, 0.3) is 0 Å². The molecule has 114 valence electrons. The van der Waals surface area contributed by atoms with E-state index in [9.17, 15) is 0 Å². The predicted molar refractivity (Wildman–Crippen MR) is 72.9 cm³/mol. The smallest absolute Gasteiger partial charge is 0.100 e. The van der Waals surface area contributed by atoms with Crippen LogP contribution in [-0.4, -0.2) is 70.9 Å². The van der Waals surface area contributed by atoms with Crippen LogP contribution >= 0.6 is 11.6 Å². The van der Waals surface area contributed by atoms with Gasteiger partial charge in [0.05, 0.1) is 51.1 Å². The molecule has 0 N–H and O–H groups in total. The minimum Gasteiger partial charge on any atom is -0.382 e. The van der Waals surface area contributed by atoms with Gasteiger partial charge in [-0.15, -0.1) is 11.6 Å². The van der Waals surface area contributed by atoms with Gasteiger partial charge >= 0.3 is 0 Å². The average molecular weight is 297 g/mol. The average Bonchev–Trinajstić information content (AvgIpc) is 2.41. The van der Waals surface area contributed by atoms with Crippen LogP contribution in [0.25, 0.3) is 0 Å². The molecule has 0 radical (unpaired) electrons. The maximum Gasteiger partial charge on any atom is 0.100 e. The second-order valence-corrected chi connectivity index (χ2v) is 4.86. The lowest BCUT2D eigenvalue weighted by Crippen LogP contribution is -2.51. The number of ether oxygens (including phenoxy) is 5. The van der Waals surface area contributed by atoms with Gasteiger partial charge in [-0.2, -0.15) is 0 Å². The maximum atomic E-state index is 6.05. The fraction of sp³-hybridized carbons (Fsp3) is 1.00. The van der Waals surface area contributed by atoms with E-state index in [-0.39, 0.29) is 17.6 Å². The molecule has 1 aliphatic rings. The number of rotatable bonds is 12. The van der Waals surface area contributed by atoms with Crippen LogP contribution in [0.3, 0.4) is 0 Å². The van der Waals surface area contributed by atoms with Gasteiger partial charge in [0.1, 0.15) is 6.10 Å². The van der Waals surface area contributed by atoms with E-state index in [2.05, 4.69) is 0 Å². The molecule has 0 aromatic rings. The van der Waals surface area contributed by atoms with E-state index >= 15 is 0 Å². The largest absolute Gasteiger partial charge is 0.382 e. The van der Waals surface area contributed by atoms with Gasteiger partial charge in [-0.3, -0.25) is 0 Å². The summed E-state index contributed by atoms with van der Waals surface area (Å²) in [6.07, 6.45) is 1.000. The molecule has 0 spiro atoms. The fourth-order valence-corrected chi connectivity index (χ4v) is 2.23. The molecule has 3 unspecified atom stereocenters.